The molecular formula is C27H25ClN4O3. The minimum Gasteiger partial charge on any atom is -0.495 e. The fraction of sp³-hybridized carbons (Fsp3) is 0.222. The molecule has 1 fully saturated rings. The molecule has 7 nitrogen and oxygen atoms in total. The van der Waals surface area contributed by atoms with E-state index in [1.54, 1.807) is 35.1 Å². The average molecular weight is 489 g/mol. The Kier molecular flexibility index (Phi) is 6.42. The van der Waals surface area contributed by atoms with E-state index in [0.29, 0.717) is 48.2 Å². The first-order valence-corrected chi connectivity index (χ1v) is 11.8. The smallest absolute Gasteiger partial charge is 0.272 e. The summed E-state index contributed by atoms with van der Waals surface area (Å²) >= 11 is 5.87. The van der Waals surface area contributed by atoms with Crippen LogP contribution in [0.4, 0.5) is 11.4 Å². The molecule has 0 atom stereocenters. The zero-order valence-corrected chi connectivity index (χ0v) is 20.1. The molecule has 0 unspecified atom stereocenters. The Morgan fingerprint density at radius 1 is 0.914 bits per heavy atom. The zero-order valence-electron chi connectivity index (χ0n) is 19.4. The number of fused-ring (bicyclic) bond motifs is 1. The number of rotatable bonds is 4. The number of para-hydroxylation sites is 1. The maximum Gasteiger partial charge on any atom is 0.272 e. The number of pyridine rings is 1. The maximum atomic E-state index is 13.3. The normalized spacial score (nSPS) is 15.1. The highest BCUT2D eigenvalue weighted by Gasteiger charge is 2.27. The van der Waals surface area contributed by atoms with Gasteiger partial charge in [-0.1, -0.05) is 42.0 Å². The van der Waals surface area contributed by atoms with Crippen LogP contribution in [0.5, 0.6) is 5.75 Å². The third kappa shape index (κ3) is 4.59. The standard InChI is InChI=1S/C27H25ClN4O3/c1-35-25-17-20(8-11-24(25)32-12-4-6-19-5-2-3-7-23(19)32)26(33)30-13-15-31(16-14-30)27(34)22-10-9-21(28)18-29-22/h2-11,17-18H,12-16H2,1H3. The highest BCUT2D eigenvalue weighted by molar-refractivity contribution is 6.30. The van der Waals surface area contributed by atoms with E-state index in [0.717, 1.165) is 23.5 Å². The van der Waals surface area contributed by atoms with Crippen molar-refractivity contribution in [2.75, 3.05) is 44.7 Å². The number of anilines is 2. The number of carbonyl (C=O) groups excluding carboxylic acids is 2. The van der Waals surface area contributed by atoms with Gasteiger partial charge in [-0.15, -0.1) is 0 Å². The molecule has 1 saturated heterocycles. The van der Waals surface area contributed by atoms with Crippen molar-refractivity contribution in [3.8, 4) is 5.75 Å². The van der Waals surface area contributed by atoms with Crippen LogP contribution in [0, 0.1) is 0 Å². The molecule has 3 aromatic rings. The first kappa shape index (κ1) is 22.9. The first-order valence-electron chi connectivity index (χ1n) is 11.5. The van der Waals surface area contributed by atoms with E-state index in [1.807, 2.05) is 24.3 Å². The van der Waals surface area contributed by atoms with Gasteiger partial charge in [-0.25, -0.2) is 4.98 Å². The monoisotopic (exact) mass is 488 g/mol. The molecule has 2 amide bonds. The van der Waals surface area contributed by atoms with Crippen molar-refractivity contribution in [3.63, 3.8) is 0 Å². The number of methoxy groups -OCH3 is 1. The molecular weight excluding hydrogens is 464 g/mol. The van der Waals surface area contributed by atoms with Crippen molar-refractivity contribution in [2.24, 2.45) is 0 Å². The SMILES string of the molecule is COc1cc(C(=O)N2CCN(C(=O)c3ccc(Cl)cn3)CC2)ccc1N1CC=Cc2ccccc21. The van der Waals surface area contributed by atoms with E-state index in [9.17, 15) is 9.59 Å². The number of amides is 2. The number of halogens is 1. The summed E-state index contributed by atoms with van der Waals surface area (Å²) in [6.07, 6.45) is 5.69. The fourth-order valence-corrected chi connectivity index (χ4v) is 4.59. The number of nitrogens with zero attached hydrogens (tertiary/aromatic N) is 4. The Morgan fingerprint density at radius 2 is 1.66 bits per heavy atom. The van der Waals surface area contributed by atoms with Crippen LogP contribution < -0.4 is 9.64 Å². The second-order valence-electron chi connectivity index (χ2n) is 8.40. The lowest BCUT2D eigenvalue weighted by molar-refractivity contribution is 0.0532. The minimum atomic E-state index is -0.157. The fourth-order valence-electron chi connectivity index (χ4n) is 4.48. The summed E-state index contributed by atoms with van der Waals surface area (Å²) in [4.78, 5) is 35.7. The molecule has 2 aliphatic rings. The van der Waals surface area contributed by atoms with Crippen LogP contribution in [0.3, 0.4) is 0 Å². The van der Waals surface area contributed by atoms with Gasteiger partial charge in [-0.3, -0.25) is 9.59 Å². The van der Waals surface area contributed by atoms with Gasteiger partial charge in [0.1, 0.15) is 11.4 Å². The quantitative estimate of drug-likeness (QED) is 0.540. The Balaban J connectivity index is 1.29. The van der Waals surface area contributed by atoms with E-state index in [1.165, 1.54) is 6.20 Å². The van der Waals surface area contributed by atoms with Crippen LogP contribution >= 0.6 is 11.6 Å². The van der Waals surface area contributed by atoms with Gasteiger partial charge in [0.25, 0.3) is 11.8 Å². The molecule has 178 valence electrons. The van der Waals surface area contributed by atoms with Crippen LogP contribution in [0.25, 0.3) is 6.08 Å². The molecule has 2 aromatic carbocycles. The van der Waals surface area contributed by atoms with Gasteiger partial charge in [0.2, 0.25) is 0 Å². The molecule has 0 bridgehead atoms. The Hall–Kier alpha value is -3.84. The van der Waals surface area contributed by atoms with Gasteiger partial charge >= 0.3 is 0 Å². The van der Waals surface area contributed by atoms with Crippen LogP contribution in [0.1, 0.15) is 26.4 Å². The number of benzene rings is 2. The second kappa shape index (κ2) is 9.80. The van der Waals surface area contributed by atoms with Crippen LogP contribution in [0.15, 0.2) is 66.9 Å². The third-order valence-corrected chi connectivity index (χ3v) is 6.55. The van der Waals surface area contributed by atoms with Gasteiger partial charge in [-0.2, -0.15) is 0 Å². The Bertz CT molecular complexity index is 1280. The maximum absolute atomic E-state index is 13.3. The second-order valence-corrected chi connectivity index (χ2v) is 8.84. The lowest BCUT2D eigenvalue weighted by atomic mass is 10.1. The highest BCUT2D eigenvalue weighted by atomic mass is 35.5. The lowest BCUT2D eigenvalue weighted by Gasteiger charge is -2.35. The zero-order chi connectivity index (χ0) is 24.4. The molecule has 0 N–H and O–H groups in total. The number of piperazine rings is 1. The van der Waals surface area contributed by atoms with Crippen molar-refractivity contribution < 1.29 is 14.3 Å². The van der Waals surface area contributed by atoms with Crippen LogP contribution in [-0.4, -0.2) is 66.4 Å². The summed E-state index contributed by atoms with van der Waals surface area (Å²) in [5, 5.41) is 0.486. The van der Waals surface area contributed by atoms with Crippen molar-refractivity contribution in [3.05, 3.63) is 88.7 Å². The van der Waals surface area contributed by atoms with Gasteiger partial charge in [0, 0.05) is 50.2 Å². The topological polar surface area (TPSA) is 66.0 Å². The number of carbonyl (C=O) groups is 2. The van der Waals surface area contributed by atoms with Gasteiger partial charge in [-0.05, 0) is 42.0 Å². The predicted molar refractivity (Wildman–Crippen MR) is 137 cm³/mol. The number of hydrogen-bond donors (Lipinski definition) is 0. The molecule has 0 radical (unpaired) electrons. The molecule has 0 aliphatic carbocycles. The van der Waals surface area contributed by atoms with Crippen molar-refractivity contribution in [2.45, 2.75) is 0 Å². The summed E-state index contributed by atoms with van der Waals surface area (Å²) < 4.78 is 5.69. The van der Waals surface area contributed by atoms with E-state index in [-0.39, 0.29) is 11.8 Å². The average Bonchev–Trinajstić information content (AvgIpc) is 2.92. The number of aromatic nitrogens is 1. The summed E-state index contributed by atoms with van der Waals surface area (Å²) in [5.74, 6) is 0.407. The Morgan fingerprint density at radius 3 is 2.37 bits per heavy atom. The van der Waals surface area contributed by atoms with Crippen molar-refractivity contribution in [1.82, 2.24) is 14.8 Å². The highest BCUT2D eigenvalue weighted by Crippen LogP contribution is 2.38. The minimum absolute atomic E-state index is 0.0782. The molecule has 35 heavy (non-hydrogen) atoms. The Labute approximate surface area is 209 Å². The molecule has 3 heterocycles. The molecule has 0 spiro atoms. The van der Waals surface area contributed by atoms with Crippen molar-refractivity contribution in [1.29, 1.82) is 0 Å². The summed E-state index contributed by atoms with van der Waals surface area (Å²) in [6, 6.07) is 17.0. The summed E-state index contributed by atoms with van der Waals surface area (Å²) in [6.45, 7) is 2.51. The van der Waals surface area contributed by atoms with E-state index in [4.69, 9.17) is 16.3 Å². The van der Waals surface area contributed by atoms with Gasteiger partial charge < -0.3 is 19.4 Å². The van der Waals surface area contributed by atoms with E-state index >= 15 is 0 Å². The predicted octanol–water partition coefficient (Wildman–Crippen LogP) is 4.51. The summed E-state index contributed by atoms with van der Waals surface area (Å²) in [7, 11) is 1.62. The molecule has 1 aromatic heterocycles. The van der Waals surface area contributed by atoms with Crippen LogP contribution in [0.2, 0.25) is 5.02 Å². The third-order valence-electron chi connectivity index (χ3n) is 6.33. The number of ether oxygens (including phenoxy) is 1. The molecule has 0 saturated carbocycles. The molecule has 2 aliphatic heterocycles. The van der Waals surface area contributed by atoms with Gasteiger partial charge in [0.15, 0.2) is 0 Å². The van der Waals surface area contributed by atoms with Crippen molar-refractivity contribution >= 4 is 40.9 Å². The molecule has 8 heteroatoms. The largest absolute Gasteiger partial charge is 0.495 e. The van der Waals surface area contributed by atoms with Crippen LogP contribution in [-0.2, 0) is 0 Å². The van der Waals surface area contributed by atoms with Gasteiger partial charge in [0.05, 0.1) is 17.8 Å². The van der Waals surface area contributed by atoms with E-state index < -0.39 is 0 Å². The first-order chi connectivity index (χ1) is 17.0. The van der Waals surface area contributed by atoms with E-state index in [2.05, 4.69) is 34.2 Å². The molecule has 5 rings (SSSR count). The summed E-state index contributed by atoms with van der Waals surface area (Å²) in [5.41, 5.74) is 4.06. The lowest BCUT2D eigenvalue weighted by Crippen LogP contribution is -2.50. The number of hydrogen-bond acceptors (Lipinski definition) is 5.